The number of aliphatic hydroxyl groups excluding tert-OH is 3. The molecule has 9 atom stereocenters. The van der Waals surface area contributed by atoms with Gasteiger partial charge in [0.1, 0.15) is 6.61 Å². The first-order valence-electron chi connectivity index (χ1n) is 15.6. The normalized spacial score (nSPS) is 38.9. The molecule has 4 fully saturated rings. The van der Waals surface area contributed by atoms with Gasteiger partial charge in [0.05, 0.1) is 18.8 Å². The van der Waals surface area contributed by atoms with Gasteiger partial charge in [-0.2, -0.15) is 0 Å². The Bertz CT molecular complexity index is 1580. The summed E-state index contributed by atoms with van der Waals surface area (Å²) in [5.41, 5.74) is 2.00. The quantitative estimate of drug-likeness (QED) is 0.416. The monoisotopic (exact) mass is 618 g/mol. The molecule has 0 unspecified atom stereocenters. The van der Waals surface area contributed by atoms with Crippen LogP contribution in [0.1, 0.15) is 68.1 Å². The van der Waals surface area contributed by atoms with E-state index in [1.165, 1.54) is 0 Å². The van der Waals surface area contributed by atoms with Crippen LogP contribution in [0.3, 0.4) is 0 Å². The minimum absolute atomic E-state index is 0.00531. The standard InChI is InChI=1S/C36H39ClO7/c1-34-11-10-25(40)15-24(34)8-9-26-27-16-31-36(30(42)19-39,35(27,2)17-29(41)32(26)34)44-33(43-31)22-5-3-4-20(13-22)12-21-6-7-23(18-38)28(37)14-21/h3-7,10-11,13-15,26-27,29,31-33,38-39,41H,8-9,12,16-19H2,1-2H3/t26-,27-,29-,31+,32+,33+,34-,35-,36+/m0/s1. The molecule has 3 N–H and O–H groups in total. The smallest absolute Gasteiger partial charge is 0.193 e. The number of aliphatic hydroxyl groups is 3. The molecule has 5 aliphatic rings. The largest absolute Gasteiger partial charge is 0.393 e. The maximum Gasteiger partial charge on any atom is 0.193 e. The number of fused-ring (bicyclic) bond motifs is 7. The second-order valence-electron chi connectivity index (χ2n) is 13.8. The van der Waals surface area contributed by atoms with Crippen LogP contribution in [0.25, 0.3) is 0 Å². The zero-order valence-electron chi connectivity index (χ0n) is 25.0. The van der Waals surface area contributed by atoms with E-state index in [9.17, 15) is 24.9 Å². The van der Waals surface area contributed by atoms with Crippen LogP contribution in [0.5, 0.6) is 0 Å². The number of hydrogen-bond donors (Lipinski definition) is 3. The van der Waals surface area contributed by atoms with Crippen LogP contribution in [-0.4, -0.2) is 51.3 Å². The summed E-state index contributed by atoms with van der Waals surface area (Å²) in [4.78, 5) is 26.0. The van der Waals surface area contributed by atoms with Crippen molar-refractivity contribution in [1.82, 2.24) is 0 Å². The van der Waals surface area contributed by atoms with Crippen molar-refractivity contribution in [3.05, 3.63) is 93.5 Å². The Balaban J connectivity index is 1.19. The summed E-state index contributed by atoms with van der Waals surface area (Å²) in [6, 6.07) is 13.5. The third-order valence-electron chi connectivity index (χ3n) is 11.7. The van der Waals surface area contributed by atoms with Gasteiger partial charge in [-0.3, -0.25) is 9.59 Å². The molecule has 2 aromatic rings. The molecule has 2 aromatic carbocycles. The van der Waals surface area contributed by atoms with Crippen LogP contribution in [0.15, 0.2) is 66.3 Å². The van der Waals surface area contributed by atoms with Gasteiger partial charge in [0, 0.05) is 27.3 Å². The number of allylic oxidation sites excluding steroid dienone is 4. The highest BCUT2D eigenvalue weighted by atomic mass is 35.5. The molecule has 7 nitrogen and oxygen atoms in total. The van der Waals surface area contributed by atoms with Crippen molar-refractivity contribution in [2.45, 2.75) is 76.7 Å². The summed E-state index contributed by atoms with van der Waals surface area (Å²) in [6.07, 6.45) is 6.39. The number of ketones is 2. The van der Waals surface area contributed by atoms with E-state index in [4.69, 9.17) is 21.1 Å². The average molecular weight is 619 g/mol. The second kappa shape index (κ2) is 10.7. The van der Waals surface area contributed by atoms with E-state index in [-0.39, 0.29) is 30.1 Å². The lowest BCUT2D eigenvalue weighted by Gasteiger charge is -2.59. The molecule has 4 aliphatic carbocycles. The first kappa shape index (κ1) is 30.0. The molecular weight excluding hydrogens is 580 g/mol. The highest BCUT2D eigenvalue weighted by molar-refractivity contribution is 6.31. The highest BCUT2D eigenvalue weighted by Crippen LogP contribution is 2.70. The van der Waals surface area contributed by atoms with Crippen molar-refractivity contribution in [2.24, 2.45) is 28.6 Å². The summed E-state index contributed by atoms with van der Waals surface area (Å²) >= 11 is 6.32. The first-order valence-corrected chi connectivity index (χ1v) is 16.0. The Hall–Kier alpha value is -2.65. The Kier molecular flexibility index (Phi) is 7.31. The maximum atomic E-state index is 13.8. The third-order valence-corrected chi connectivity index (χ3v) is 12.1. The van der Waals surface area contributed by atoms with Gasteiger partial charge in [0.15, 0.2) is 23.5 Å². The molecule has 0 bridgehead atoms. The molecule has 0 amide bonds. The predicted molar refractivity (Wildman–Crippen MR) is 164 cm³/mol. The minimum atomic E-state index is -1.39. The Morgan fingerprint density at radius 3 is 2.66 bits per heavy atom. The van der Waals surface area contributed by atoms with Crippen LogP contribution in [0, 0.1) is 28.6 Å². The van der Waals surface area contributed by atoms with Crippen molar-refractivity contribution in [3.63, 3.8) is 0 Å². The van der Waals surface area contributed by atoms with Gasteiger partial charge in [-0.1, -0.05) is 73.5 Å². The van der Waals surface area contributed by atoms with Crippen molar-refractivity contribution in [3.8, 4) is 0 Å². The molecule has 0 aromatic heterocycles. The van der Waals surface area contributed by atoms with Gasteiger partial charge in [-0.15, -0.1) is 0 Å². The number of carbonyl (C=O) groups excluding carboxylic acids is 2. The number of ether oxygens (including phenoxy) is 2. The lowest BCUT2D eigenvalue weighted by atomic mass is 9.46. The number of halogens is 1. The molecule has 1 aliphatic heterocycles. The fraction of sp³-hybridized carbons (Fsp3) is 0.500. The third kappa shape index (κ3) is 4.28. The summed E-state index contributed by atoms with van der Waals surface area (Å²) in [5, 5.41) is 32.1. The van der Waals surface area contributed by atoms with Gasteiger partial charge >= 0.3 is 0 Å². The molecular formula is C36H39ClO7. The summed E-state index contributed by atoms with van der Waals surface area (Å²) in [7, 11) is 0. The minimum Gasteiger partial charge on any atom is -0.393 e. The summed E-state index contributed by atoms with van der Waals surface area (Å²) in [5.74, 6) is -0.344. The topological polar surface area (TPSA) is 113 Å². The highest BCUT2D eigenvalue weighted by Gasteiger charge is 2.75. The van der Waals surface area contributed by atoms with Crippen molar-refractivity contribution in [1.29, 1.82) is 0 Å². The molecule has 44 heavy (non-hydrogen) atoms. The second-order valence-corrected chi connectivity index (χ2v) is 14.3. The van der Waals surface area contributed by atoms with Crippen molar-refractivity contribution in [2.75, 3.05) is 6.61 Å². The van der Waals surface area contributed by atoms with Crippen molar-refractivity contribution >= 4 is 23.2 Å². The zero-order chi connectivity index (χ0) is 31.0. The van der Waals surface area contributed by atoms with Crippen LogP contribution < -0.4 is 0 Å². The van der Waals surface area contributed by atoms with Gasteiger partial charge in [0.2, 0.25) is 0 Å². The van der Waals surface area contributed by atoms with E-state index >= 15 is 0 Å². The fourth-order valence-electron chi connectivity index (χ4n) is 9.75. The predicted octanol–water partition coefficient (Wildman–Crippen LogP) is 5.03. The summed E-state index contributed by atoms with van der Waals surface area (Å²) in [6.45, 7) is 3.38. The van der Waals surface area contributed by atoms with E-state index < -0.39 is 47.3 Å². The molecule has 3 saturated carbocycles. The van der Waals surface area contributed by atoms with Crippen LogP contribution in [0.2, 0.25) is 5.02 Å². The van der Waals surface area contributed by atoms with Crippen LogP contribution in [0.4, 0.5) is 0 Å². The van der Waals surface area contributed by atoms with E-state index in [1.54, 1.807) is 12.2 Å². The lowest BCUT2D eigenvalue weighted by molar-refractivity contribution is -0.201. The number of carbonyl (C=O) groups is 2. The van der Waals surface area contributed by atoms with E-state index in [0.29, 0.717) is 29.8 Å². The van der Waals surface area contributed by atoms with E-state index in [0.717, 1.165) is 35.1 Å². The Morgan fingerprint density at radius 2 is 1.91 bits per heavy atom. The Labute approximate surface area is 262 Å². The SMILES string of the molecule is C[C@]12C=CC(=O)C=C1CC[C@@H]1[C@@H]2[C@@H](O)C[C@@]2(C)[C@H]1C[C@H]1O[C@@H](c3cccc(Cc4ccc(CO)c(Cl)c4)c3)O[C@]12C(=O)CO. The van der Waals surface area contributed by atoms with Crippen LogP contribution in [-0.2, 0) is 32.1 Å². The van der Waals surface area contributed by atoms with Gasteiger partial charge in [0.25, 0.3) is 0 Å². The maximum absolute atomic E-state index is 13.8. The van der Waals surface area contributed by atoms with Crippen molar-refractivity contribution < 1.29 is 34.4 Å². The van der Waals surface area contributed by atoms with E-state index in [2.05, 4.69) is 6.92 Å². The van der Waals surface area contributed by atoms with Gasteiger partial charge < -0.3 is 24.8 Å². The number of rotatable bonds is 6. The molecule has 0 spiro atoms. The number of benzene rings is 2. The average Bonchev–Trinajstić information content (AvgIpc) is 3.50. The molecule has 1 saturated heterocycles. The molecule has 1 heterocycles. The molecule has 232 valence electrons. The Morgan fingerprint density at radius 1 is 1.11 bits per heavy atom. The first-order chi connectivity index (χ1) is 21.0. The molecule has 8 heteroatoms. The van der Waals surface area contributed by atoms with Crippen LogP contribution >= 0.6 is 11.6 Å². The molecule has 0 radical (unpaired) electrons. The van der Waals surface area contributed by atoms with E-state index in [1.807, 2.05) is 55.5 Å². The zero-order valence-corrected chi connectivity index (χ0v) is 25.8. The summed E-state index contributed by atoms with van der Waals surface area (Å²) < 4.78 is 13.4. The lowest BCUT2D eigenvalue weighted by Crippen LogP contribution is -2.63. The number of hydrogen-bond acceptors (Lipinski definition) is 7. The number of Topliss-reactive ketones (excluding diaryl/α,β-unsaturated/α-hetero) is 1. The van der Waals surface area contributed by atoms with Gasteiger partial charge in [-0.05, 0) is 78.8 Å². The fourth-order valence-corrected chi connectivity index (χ4v) is 10.0. The van der Waals surface area contributed by atoms with Gasteiger partial charge in [-0.25, -0.2) is 0 Å². The molecule has 7 rings (SSSR count).